The molecule has 0 spiro atoms. The number of anilines is 1. The maximum atomic E-state index is 12.4. The molecule has 2 rings (SSSR count). The summed E-state index contributed by atoms with van der Waals surface area (Å²) in [5.74, 6) is -0.776. The number of carbonyl (C=O) groups is 2. The van der Waals surface area contributed by atoms with Gasteiger partial charge < -0.3 is 15.8 Å². The second kappa shape index (κ2) is 6.62. The van der Waals surface area contributed by atoms with Crippen molar-refractivity contribution in [3.05, 3.63) is 51.9 Å². The first-order valence-electron chi connectivity index (χ1n) is 6.78. The largest absolute Gasteiger partial charge is 0.465 e. The smallest absolute Gasteiger partial charge is 0.341 e. The average molecular weight is 318 g/mol. The Bertz CT molecular complexity index is 695. The normalized spacial score (nSPS) is 11.8. The van der Waals surface area contributed by atoms with E-state index in [0.717, 1.165) is 16.9 Å². The van der Waals surface area contributed by atoms with Crippen LogP contribution in [0.1, 0.15) is 44.1 Å². The Morgan fingerprint density at radius 3 is 2.50 bits per heavy atom. The molecule has 1 amide bonds. The SMILES string of the molecule is COC(=O)c1c(N)sc(C(=O)NC(C)c2ccccc2)c1C. The highest BCUT2D eigenvalue weighted by Gasteiger charge is 2.24. The highest BCUT2D eigenvalue weighted by molar-refractivity contribution is 7.18. The Kier molecular flexibility index (Phi) is 4.82. The highest BCUT2D eigenvalue weighted by Crippen LogP contribution is 2.31. The summed E-state index contributed by atoms with van der Waals surface area (Å²) >= 11 is 1.09. The number of benzene rings is 1. The van der Waals surface area contributed by atoms with Crippen molar-refractivity contribution in [3.63, 3.8) is 0 Å². The van der Waals surface area contributed by atoms with Crippen LogP contribution in [0.5, 0.6) is 0 Å². The van der Waals surface area contributed by atoms with Crippen LogP contribution in [0, 0.1) is 6.92 Å². The maximum Gasteiger partial charge on any atom is 0.341 e. The quantitative estimate of drug-likeness (QED) is 0.849. The van der Waals surface area contributed by atoms with Crippen LogP contribution in [0.25, 0.3) is 0 Å². The molecule has 0 bridgehead atoms. The van der Waals surface area contributed by atoms with E-state index in [2.05, 4.69) is 5.32 Å². The van der Waals surface area contributed by atoms with Gasteiger partial charge in [0.25, 0.3) is 5.91 Å². The number of hydrogen-bond acceptors (Lipinski definition) is 5. The van der Waals surface area contributed by atoms with Crippen molar-refractivity contribution in [1.82, 2.24) is 5.32 Å². The molecule has 22 heavy (non-hydrogen) atoms. The summed E-state index contributed by atoms with van der Waals surface area (Å²) in [6.07, 6.45) is 0. The fourth-order valence-corrected chi connectivity index (χ4v) is 3.16. The summed E-state index contributed by atoms with van der Waals surface area (Å²) in [7, 11) is 1.29. The van der Waals surface area contributed by atoms with Gasteiger partial charge in [-0.25, -0.2) is 4.79 Å². The number of rotatable bonds is 4. The van der Waals surface area contributed by atoms with Gasteiger partial charge in [-0.15, -0.1) is 11.3 Å². The highest BCUT2D eigenvalue weighted by atomic mass is 32.1. The zero-order valence-corrected chi connectivity index (χ0v) is 13.5. The second-order valence-electron chi connectivity index (χ2n) is 4.89. The molecule has 1 heterocycles. The average Bonchev–Trinajstić information content (AvgIpc) is 2.82. The van der Waals surface area contributed by atoms with E-state index < -0.39 is 5.97 Å². The number of nitrogen functional groups attached to an aromatic ring is 1. The van der Waals surface area contributed by atoms with E-state index >= 15 is 0 Å². The van der Waals surface area contributed by atoms with Gasteiger partial charge in [0.1, 0.15) is 5.00 Å². The fourth-order valence-electron chi connectivity index (χ4n) is 2.20. The molecule has 0 aliphatic carbocycles. The summed E-state index contributed by atoms with van der Waals surface area (Å²) < 4.78 is 4.70. The van der Waals surface area contributed by atoms with Gasteiger partial charge in [0.05, 0.1) is 23.6 Å². The fraction of sp³-hybridized carbons (Fsp3) is 0.250. The summed E-state index contributed by atoms with van der Waals surface area (Å²) in [6, 6.07) is 9.51. The predicted octanol–water partition coefficient (Wildman–Crippen LogP) is 2.92. The molecule has 0 saturated heterocycles. The van der Waals surface area contributed by atoms with Crippen molar-refractivity contribution >= 4 is 28.2 Å². The van der Waals surface area contributed by atoms with Crippen LogP contribution in [0.15, 0.2) is 30.3 Å². The number of esters is 1. The van der Waals surface area contributed by atoms with Gasteiger partial charge in [0.15, 0.2) is 0 Å². The van der Waals surface area contributed by atoms with E-state index in [4.69, 9.17) is 10.5 Å². The monoisotopic (exact) mass is 318 g/mol. The molecule has 0 saturated carbocycles. The van der Waals surface area contributed by atoms with Crippen LogP contribution in [0.2, 0.25) is 0 Å². The molecule has 1 aromatic carbocycles. The number of ether oxygens (including phenoxy) is 1. The second-order valence-corrected chi connectivity index (χ2v) is 5.95. The number of thiophene rings is 1. The molecule has 3 N–H and O–H groups in total. The Morgan fingerprint density at radius 1 is 1.27 bits per heavy atom. The molecule has 5 nitrogen and oxygen atoms in total. The lowest BCUT2D eigenvalue weighted by Gasteiger charge is -2.14. The molecule has 0 aliphatic heterocycles. The Hall–Kier alpha value is -2.34. The van der Waals surface area contributed by atoms with Crippen molar-refractivity contribution < 1.29 is 14.3 Å². The number of nitrogens with one attached hydrogen (secondary N) is 1. The predicted molar refractivity (Wildman–Crippen MR) is 87.1 cm³/mol. The van der Waals surface area contributed by atoms with E-state index in [1.807, 2.05) is 37.3 Å². The van der Waals surface area contributed by atoms with Crippen molar-refractivity contribution in [2.75, 3.05) is 12.8 Å². The number of carbonyl (C=O) groups excluding carboxylic acids is 2. The molecule has 0 aliphatic rings. The van der Waals surface area contributed by atoms with Gasteiger partial charge in [-0.05, 0) is 25.0 Å². The summed E-state index contributed by atoms with van der Waals surface area (Å²) in [4.78, 5) is 24.6. The maximum absolute atomic E-state index is 12.4. The van der Waals surface area contributed by atoms with Crippen LogP contribution in [-0.2, 0) is 4.74 Å². The van der Waals surface area contributed by atoms with E-state index in [9.17, 15) is 9.59 Å². The Labute approximate surface area is 133 Å². The summed E-state index contributed by atoms with van der Waals surface area (Å²) in [6.45, 7) is 3.60. The third-order valence-corrected chi connectivity index (χ3v) is 4.54. The zero-order valence-electron chi connectivity index (χ0n) is 12.7. The first-order chi connectivity index (χ1) is 10.5. The molecule has 116 valence electrons. The number of hydrogen-bond donors (Lipinski definition) is 2. The summed E-state index contributed by atoms with van der Waals surface area (Å²) in [5, 5.41) is 3.21. The van der Waals surface area contributed by atoms with Crippen molar-refractivity contribution in [3.8, 4) is 0 Å². The van der Waals surface area contributed by atoms with Gasteiger partial charge in [-0.3, -0.25) is 4.79 Å². The first kappa shape index (κ1) is 16.0. The minimum atomic E-state index is -0.526. The van der Waals surface area contributed by atoms with E-state index in [0.29, 0.717) is 15.4 Å². The van der Waals surface area contributed by atoms with Gasteiger partial charge in [-0.2, -0.15) is 0 Å². The van der Waals surface area contributed by atoms with E-state index in [1.54, 1.807) is 6.92 Å². The molecule has 1 unspecified atom stereocenters. The number of amides is 1. The lowest BCUT2D eigenvalue weighted by molar-refractivity contribution is 0.0601. The third-order valence-electron chi connectivity index (χ3n) is 3.42. The minimum absolute atomic E-state index is 0.141. The van der Waals surface area contributed by atoms with Crippen molar-refractivity contribution in [2.45, 2.75) is 19.9 Å². The number of nitrogens with two attached hydrogens (primary N) is 1. The molecule has 2 aromatic rings. The molecule has 0 radical (unpaired) electrons. The Morgan fingerprint density at radius 2 is 1.91 bits per heavy atom. The zero-order chi connectivity index (χ0) is 16.3. The summed E-state index contributed by atoms with van der Waals surface area (Å²) in [5.41, 5.74) is 7.66. The van der Waals surface area contributed by atoms with Gasteiger partial charge in [0, 0.05) is 0 Å². The topological polar surface area (TPSA) is 81.4 Å². The van der Waals surface area contributed by atoms with Crippen molar-refractivity contribution in [2.24, 2.45) is 0 Å². The van der Waals surface area contributed by atoms with Gasteiger partial charge in [-0.1, -0.05) is 30.3 Å². The third kappa shape index (κ3) is 3.12. The van der Waals surface area contributed by atoms with Gasteiger partial charge in [0.2, 0.25) is 0 Å². The van der Waals surface area contributed by atoms with Crippen LogP contribution in [0.3, 0.4) is 0 Å². The molecule has 0 fully saturated rings. The first-order valence-corrected chi connectivity index (χ1v) is 7.60. The minimum Gasteiger partial charge on any atom is -0.465 e. The lowest BCUT2D eigenvalue weighted by atomic mass is 10.1. The Balaban J connectivity index is 2.22. The molecule has 6 heteroatoms. The van der Waals surface area contributed by atoms with Crippen molar-refractivity contribution in [1.29, 1.82) is 0 Å². The standard InChI is InChI=1S/C16H18N2O3S/c1-9-12(16(20)21-3)14(17)22-13(9)15(19)18-10(2)11-7-5-4-6-8-11/h4-8,10H,17H2,1-3H3,(H,18,19). The van der Waals surface area contributed by atoms with Crippen LogP contribution in [-0.4, -0.2) is 19.0 Å². The van der Waals surface area contributed by atoms with Gasteiger partial charge >= 0.3 is 5.97 Å². The van der Waals surface area contributed by atoms with Crippen LogP contribution < -0.4 is 11.1 Å². The number of methoxy groups -OCH3 is 1. The molecular formula is C16H18N2O3S. The van der Waals surface area contributed by atoms with Crippen LogP contribution >= 0.6 is 11.3 Å². The van der Waals surface area contributed by atoms with E-state index in [-0.39, 0.29) is 17.5 Å². The lowest BCUT2D eigenvalue weighted by Crippen LogP contribution is -2.26. The molecule has 1 atom stereocenters. The van der Waals surface area contributed by atoms with Crippen LogP contribution in [0.4, 0.5) is 5.00 Å². The van der Waals surface area contributed by atoms with E-state index in [1.165, 1.54) is 7.11 Å². The molecular weight excluding hydrogens is 300 g/mol. The molecule has 1 aromatic heterocycles.